The number of hydrogen-bond acceptors (Lipinski definition) is 3. The van der Waals surface area contributed by atoms with Crippen LogP contribution in [0.4, 0.5) is 4.39 Å². The summed E-state index contributed by atoms with van der Waals surface area (Å²) in [6.45, 7) is 1.95. The molecule has 0 saturated carbocycles. The van der Waals surface area contributed by atoms with Crippen LogP contribution in [0, 0.1) is 5.82 Å². The number of aromatic carboxylic acids is 1. The highest BCUT2D eigenvalue weighted by molar-refractivity contribution is 5.88. The highest BCUT2D eigenvalue weighted by atomic mass is 19.1. The topological polar surface area (TPSA) is 72.2 Å². The number of rotatable bonds is 3. The third-order valence-electron chi connectivity index (χ3n) is 2.64. The van der Waals surface area contributed by atoms with Crippen LogP contribution in [-0.2, 0) is 6.54 Å². The van der Waals surface area contributed by atoms with E-state index in [1.807, 2.05) is 0 Å². The van der Waals surface area contributed by atoms with Gasteiger partial charge in [0.2, 0.25) is 0 Å². The largest absolute Gasteiger partial charge is 0.477 e. The molecule has 5 nitrogen and oxygen atoms in total. The van der Waals surface area contributed by atoms with Crippen molar-refractivity contribution in [2.24, 2.45) is 0 Å². The SMILES string of the molecule is CCn1nc(-c2ccc(F)cc2)cc(C(=O)O)c1=O. The van der Waals surface area contributed by atoms with Crippen molar-refractivity contribution in [3.05, 3.63) is 52.1 Å². The smallest absolute Gasteiger partial charge is 0.341 e. The van der Waals surface area contributed by atoms with Crippen LogP contribution in [0.25, 0.3) is 11.3 Å². The molecular weight excluding hydrogens is 251 g/mol. The van der Waals surface area contributed by atoms with Crippen LogP contribution in [0.1, 0.15) is 17.3 Å². The molecule has 0 radical (unpaired) electrons. The van der Waals surface area contributed by atoms with Crippen LogP contribution < -0.4 is 5.56 Å². The molecular formula is C13H11FN2O3. The molecule has 2 rings (SSSR count). The zero-order valence-electron chi connectivity index (χ0n) is 10.1. The van der Waals surface area contributed by atoms with Gasteiger partial charge in [-0.1, -0.05) is 0 Å². The summed E-state index contributed by atoms with van der Waals surface area (Å²) >= 11 is 0. The molecule has 0 unspecified atom stereocenters. The van der Waals surface area contributed by atoms with E-state index in [2.05, 4.69) is 5.10 Å². The minimum absolute atomic E-state index is 0.258. The molecule has 19 heavy (non-hydrogen) atoms. The molecule has 0 aliphatic carbocycles. The lowest BCUT2D eigenvalue weighted by molar-refractivity contribution is 0.0693. The fourth-order valence-corrected chi connectivity index (χ4v) is 1.67. The van der Waals surface area contributed by atoms with Gasteiger partial charge in [-0.3, -0.25) is 4.79 Å². The van der Waals surface area contributed by atoms with Gasteiger partial charge in [-0.15, -0.1) is 0 Å². The molecule has 0 amide bonds. The van der Waals surface area contributed by atoms with E-state index in [9.17, 15) is 14.0 Å². The van der Waals surface area contributed by atoms with Gasteiger partial charge in [-0.05, 0) is 37.3 Å². The van der Waals surface area contributed by atoms with Crippen LogP contribution >= 0.6 is 0 Å². The van der Waals surface area contributed by atoms with E-state index in [1.54, 1.807) is 6.92 Å². The van der Waals surface area contributed by atoms with Crippen LogP contribution in [0.2, 0.25) is 0 Å². The fourth-order valence-electron chi connectivity index (χ4n) is 1.67. The molecule has 1 aromatic heterocycles. The molecule has 0 aliphatic heterocycles. The normalized spacial score (nSPS) is 10.4. The third kappa shape index (κ3) is 2.52. The van der Waals surface area contributed by atoms with Gasteiger partial charge < -0.3 is 5.11 Å². The maximum atomic E-state index is 12.8. The van der Waals surface area contributed by atoms with Crippen molar-refractivity contribution in [1.29, 1.82) is 0 Å². The molecule has 0 aliphatic rings. The average molecular weight is 262 g/mol. The van der Waals surface area contributed by atoms with Gasteiger partial charge in [0, 0.05) is 12.1 Å². The van der Waals surface area contributed by atoms with Gasteiger partial charge in [0.15, 0.2) is 0 Å². The first-order valence-corrected chi connectivity index (χ1v) is 5.64. The maximum Gasteiger partial charge on any atom is 0.341 e. The molecule has 0 saturated heterocycles. The molecule has 0 spiro atoms. The van der Waals surface area contributed by atoms with Crippen molar-refractivity contribution in [2.75, 3.05) is 0 Å². The second-order valence-corrected chi connectivity index (χ2v) is 3.88. The van der Waals surface area contributed by atoms with Crippen LogP contribution in [0.5, 0.6) is 0 Å². The summed E-state index contributed by atoms with van der Waals surface area (Å²) in [6.07, 6.45) is 0. The second kappa shape index (κ2) is 5.01. The van der Waals surface area contributed by atoms with Crippen molar-refractivity contribution >= 4 is 5.97 Å². The molecule has 1 aromatic carbocycles. The monoisotopic (exact) mass is 262 g/mol. The summed E-state index contributed by atoms with van der Waals surface area (Å²) in [5, 5.41) is 13.1. The lowest BCUT2D eigenvalue weighted by atomic mass is 10.1. The number of aryl methyl sites for hydroxylation is 1. The minimum Gasteiger partial charge on any atom is -0.477 e. The lowest BCUT2D eigenvalue weighted by Crippen LogP contribution is -2.28. The Balaban J connectivity index is 2.64. The number of benzene rings is 1. The van der Waals surface area contributed by atoms with Crippen LogP contribution in [0.3, 0.4) is 0 Å². The highest BCUT2D eigenvalue weighted by Gasteiger charge is 2.14. The van der Waals surface area contributed by atoms with Crippen LogP contribution in [-0.4, -0.2) is 20.9 Å². The average Bonchev–Trinajstić information content (AvgIpc) is 2.39. The molecule has 0 atom stereocenters. The van der Waals surface area contributed by atoms with Gasteiger partial charge in [0.05, 0.1) is 5.69 Å². The lowest BCUT2D eigenvalue weighted by Gasteiger charge is -2.07. The number of aromatic nitrogens is 2. The van der Waals surface area contributed by atoms with Crippen molar-refractivity contribution in [3.8, 4) is 11.3 Å². The number of carbonyl (C=O) groups is 1. The van der Waals surface area contributed by atoms with E-state index in [-0.39, 0.29) is 12.1 Å². The summed E-state index contributed by atoms with van der Waals surface area (Å²) in [4.78, 5) is 22.8. The molecule has 1 N–H and O–H groups in total. The van der Waals surface area contributed by atoms with E-state index in [0.717, 1.165) is 4.68 Å². The first kappa shape index (κ1) is 12.9. The number of carboxylic acid groups (broad SMARTS) is 1. The van der Waals surface area contributed by atoms with E-state index < -0.39 is 17.3 Å². The molecule has 0 fully saturated rings. The Kier molecular flexibility index (Phi) is 3.41. The Morgan fingerprint density at radius 2 is 2.00 bits per heavy atom. The van der Waals surface area contributed by atoms with E-state index in [4.69, 9.17) is 5.11 Å². The van der Waals surface area contributed by atoms with E-state index in [1.165, 1.54) is 30.3 Å². The van der Waals surface area contributed by atoms with Crippen molar-refractivity contribution in [1.82, 2.24) is 9.78 Å². The number of nitrogens with zero attached hydrogens (tertiary/aromatic N) is 2. The summed E-state index contributed by atoms with van der Waals surface area (Å²) in [7, 11) is 0. The molecule has 6 heteroatoms. The predicted molar refractivity (Wildman–Crippen MR) is 66.5 cm³/mol. The van der Waals surface area contributed by atoms with Gasteiger partial charge in [0.1, 0.15) is 11.4 Å². The van der Waals surface area contributed by atoms with Gasteiger partial charge in [-0.25, -0.2) is 13.9 Å². The van der Waals surface area contributed by atoms with Crippen molar-refractivity contribution in [3.63, 3.8) is 0 Å². The highest BCUT2D eigenvalue weighted by Crippen LogP contribution is 2.17. The Hall–Kier alpha value is -2.50. The first-order chi connectivity index (χ1) is 9.02. The Labute approximate surface area is 107 Å². The van der Waals surface area contributed by atoms with Crippen LogP contribution in [0.15, 0.2) is 35.1 Å². The van der Waals surface area contributed by atoms with Gasteiger partial charge >= 0.3 is 5.97 Å². The van der Waals surface area contributed by atoms with Crippen molar-refractivity contribution in [2.45, 2.75) is 13.5 Å². The van der Waals surface area contributed by atoms with E-state index >= 15 is 0 Å². The molecule has 0 bridgehead atoms. The Bertz CT molecular complexity index is 677. The molecule has 1 heterocycles. The summed E-state index contributed by atoms with van der Waals surface area (Å²) in [5.41, 5.74) is -0.137. The predicted octanol–water partition coefficient (Wildman–Crippen LogP) is 1.77. The summed E-state index contributed by atoms with van der Waals surface area (Å²) < 4.78 is 13.9. The van der Waals surface area contributed by atoms with Gasteiger partial charge in [0.25, 0.3) is 5.56 Å². The third-order valence-corrected chi connectivity index (χ3v) is 2.64. The maximum absolute atomic E-state index is 12.8. The molecule has 2 aromatic rings. The number of hydrogen-bond donors (Lipinski definition) is 1. The zero-order valence-corrected chi connectivity index (χ0v) is 10.1. The Morgan fingerprint density at radius 1 is 1.37 bits per heavy atom. The summed E-state index contributed by atoms with van der Waals surface area (Å²) in [6, 6.07) is 6.66. The van der Waals surface area contributed by atoms with Gasteiger partial charge in [-0.2, -0.15) is 5.10 Å². The van der Waals surface area contributed by atoms with E-state index in [0.29, 0.717) is 11.3 Å². The number of halogens is 1. The number of carboxylic acids is 1. The Morgan fingerprint density at radius 3 is 2.53 bits per heavy atom. The standard InChI is InChI=1S/C13H11FN2O3/c1-2-16-12(17)10(13(18)19)7-11(15-16)8-3-5-9(14)6-4-8/h3-7H,2H2,1H3,(H,18,19). The summed E-state index contributed by atoms with van der Waals surface area (Å²) in [5.74, 6) is -1.70. The quantitative estimate of drug-likeness (QED) is 0.914. The van der Waals surface area contributed by atoms with Crippen molar-refractivity contribution < 1.29 is 14.3 Å². The zero-order chi connectivity index (χ0) is 14.0. The first-order valence-electron chi connectivity index (χ1n) is 5.64. The minimum atomic E-state index is -1.31. The molecule has 98 valence electrons. The fraction of sp³-hybridized carbons (Fsp3) is 0.154. The second-order valence-electron chi connectivity index (χ2n) is 3.88.